The molecule has 0 rings (SSSR count). The van der Waals surface area contributed by atoms with Crippen molar-refractivity contribution in [3.05, 3.63) is 0 Å². The molecule has 0 bridgehead atoms. The minimum atomic E-state index is -1.15. The lowest BCUT2D eigenvalue weighted by molar-refractivity contribution is -0.150. The van der Waals surface area contributed by atoms with Gasteiger partial charge in [0.05, 0.1) is 26.6 Å². The second-order valence-corrected chi connectivity index (χ2v) is 12.2. The molecule has 0 saturated heterocycles. The molecule has 0 aliphatic heterocycles. The fourth-order valence-corrected chi connectivity index (χ4v) is 5.28. The molecular weight excluding hydrogens is 604 g/mol. The van der Waals surface area contributed by atoms with Gasteiger partial charge in [-0.2, -0.15) is 11.8 Å². The van der Waals surface area contributed by atoms with Crippen LogP contribution in [0.3, 0.4) is 0 Å². The molecule has 0 aromatic rings. The van der Waals surface area contributed by atoms with E-state index in [4.69, 9.17) is 19.3 Å². The van der Waals surface area contributed by atoms with Crippen molar-refractivity contribution in [3.8, 4) is 0 Å². The van der Waals surface area contributed by atoms with Crippen LogP contribution in [-0.4, -0.2) is 84.7 Å². The lowest BCUT2D eigenvalue weighted by Gasteiger charge is -2.21. The van der Waals surface area contributed by atoms with Gasteiger partial charge >= 0.3 is 23.9 Å². The summed E-state index contributed by atoms with van der Waals surface area (Å²) in [7, 11) is 1.14. The summed E-state index contributed by atoms with van der Waals surface area (Å²) in [6.45, 7) is 3.43. The van der Waals surface area contributed by atoms with Gasteiger partial charge in [-0.15, -0.1) is 0 Å². The van der Waals surface area contributed by atoms with E-state index in [0.29, 0.717) is 12.2 Å². The quantitative estimate of drug-likeness (QED) is 0.0576. The minimum Gasteiger partial charge on any atom is -0.481 e. The number of carbonyl (C=O) groups is 6. The van der Waals surface area contributed by atoms with Crippen LogP contribution in [0.4, 0.5) is 0 Å². The standard InChI is InChI=1S/C32H56N2O10S/c1-4-5-6-7-8-9-10-11-12-13-14-15-16-17-29(38)44-22-23-45-24-27(33-25(2)35)31(40)34-26(32(41)42-3)20-21-43-30(39)19-18-28(36)37/h26-27H,4-24H2,1-3H3,(H,33,35)(H,34,40)(H,36,37). The van der Waals surface area contributed by atoms with Crippen molar-refractivity contribution in [2.75, 3.05) is 31.8 Å². The van der Waals surface area contributed by atoms with E-state index in [1.54, 1.807) is 0 Å². The number of thioether (sulfide) groups is 1. The molecule has 0 spiro atoms. The maximum absolute atomic E-state index is 12.9. The molecular formula is C32H56N2O10S. The molecule has 2 amide bonds. The van der Waals surface area contributed by atoms with Gasteiger partial charge in [-0.05, 0) is 6.42 Å². The van der Waals surface area contributed by atoms with Gasteiger partial charge in [-0.3, -0.25) is 24.0 Å². The fraction of sp³-hybridized carbons (Fsp3) is 0.812. The molecule has 0 fully saturated rings. The van der Waals surface area contributed by atoms with Crippen LogP contribution in [0.25, 0.3) is 0 Å². The Bertz CT molecular complexity index is 871. The third-order valence-electron chi connectivity index (χ3n) is 6.97. The number of aliphatic carboxylic acids is 1. The Morgan fingerprint density at radius 3 is 1.76 bits per heavy atom. The summed E-state index contributed by atoms with van der Waals surface area (Å²) in [5.74, 6) is -3.40. The van der Waals surface area contributed by atoms with E-state index in [-0.39, 0.29) is 44.2 Å². The molecule has 45 heavy (non-hydrogen) atoms. The second kappa shape index (κ2) is 28.6. The summed E-state index contributed by atoms with van der Waals surface area (Å²) in [4.78, 5) is 70.9. The predicted molar refractivity (Wildman–Crippen MR) is 173 cm³/mol. The predicted octanol–water partition coefficient (Wildman–Crippen LogP) is 4.70. The number of nitrogens with one attached hydrogen (secondary N) is 2. The Labute approximate surface area is 272 Å². The number of ether oxygens (including phenoxy) is 3. The number of unbranched alkanes of at least 4 members (excludes halogenated alkanes) is 12. The molecule has 0 aromatic heterocycles. The largest absolute Gasteiger partial charge is 0.481 e. The summed E-state index contributed by atoms with van der Waals surface area (Å²) in [5, 5.41) is 13.7. The first-order valence-electron chi connectivity index (χ1n) is 16.4. The van der Waals surface area contributed by atoms with Crippen molar-refractivity contribution < 1.29 is 48.1 Å². The van der Waals surface area contributed by atoms with Crippen molar-refractivity contribution >= 4 is 47.5 Å². The Morgan fingerprint density at radius 2 is 1.22 bits per heavy atom. The monoisotopic (exact) mass is 660 g/mol. The summed E-state index contributed by atoms with van der Waals surface area (Å²) in [5.41, 5.74) is 0. The normalized spacial score (nSPS) is 12.1. The number of esters is 3. The number of hydrogen-bond acceptors (Lipinski definition) is 10. The number of hydrogen-bond donors (Lipinski definition) is 3. The van der Waals surface area contributed by atoms with Gasteiger partial charge in [0.2, 0.25) is 11.8 Å². The molecule has 2 atom stereocenters. The van der Waals surface area contributed by atoms with Crippen molar-refractivity contribution in [2.45, 2.75) is 135 Å². The third-order valence-corrected chi connectivity index (χ3v) is 7.99. The molecule has 0 radical (unpaired) electrons. The maximum Gasteiger partial charge on any atom is 0.328 e. The van der Waals surface area contributed by atoms with Crippen LogP contribution in [0.5, 0.6) is 0 Å². The van der Waals surface area contributed by atoms with Gasteiger partial charge in [0.1, 0.15) is 18.7 Å². The van der Waals surface area contributed by atoms with Crippen LogP contribution in [0.2, 0.25) is 0 Å². The van der Waals surface area contributed by atoms with Crippen LogP contribution in [0.15, 0.2) is 0 Å². The van der Waals surface area contributed by atoms with E-state index in [2.05, 4.69) is 17.6 Å². The van der Waals surface area contributed by atoms with E-state index in [0.717, 1.165) is 26.4 Å². The Morgan fingerprint density at radius 1 is 0.689 bits per heavy atom. The molecule has 2 unspecified atom stereocenters. The number of amides is 2. The topological polar surface area (TPSA) is 174 Å². The molecule has 13 heteroatoms. The highest BCUT2D eigenvalue weighted by molar-refractivity contribution is 7.99. The number of rotatable bonds is 29. The van der Waals surface area contributed by atoms with Gasteiger partial charge < -0.3 is 30.0 Å². The van der Waals surface area contributed by atoms with Crippen molar-refractivity contribution in [1.29, 1.82) is 0 Å². The zero-order chi connectivity index (χ0) is 33.7. The van der Waals surface area contributed by atoms with Gasteiger partial charge in [0.25, 0.3) is 0 Å². The molecule has 0 aliphatic carbocycles. The molecule has 0 saturated carbocycles. The zero-order valence-electron chi connectivity index (χ0n) is 27.5. The minimum absolute atomic E-state index is 0.105. The number of carbonyl (C=O) groups excluding carboxylic acids is 5. The summed E-state index contributed by atoms with van der Waals surface area (Å²) < 4.78 is 14.9. The lowest BCUT2D eigenvalue weighted by Crippen LogP contribution is -2.52. The maximum atomic E-state index is 12.9. The molecule has 0 aromatic carbocycles. The average Bonchev–Trinajstić information content (AvgIpc) is 3.00. The van der Waals surface area contributed by atoms with Gasteiger partial charge in [0.15, 0.2) is 0 Å². The highest BCUT2D eigenvalue weighted by atomic mass is 32.2. The van der Waals surface area contributed by atoms with Crippen molar-refractivity contribution in [2.24, 2.45) is 0 Å². The van der Waals surface area contributed by atoms with Crippen LogP contribution < -0.4 is 10.6 Å². The van der Waals surface area contributed by atoms with Crippen LogP contribution in [-0.2, 0) is 43.0 Å². The van der Waals surface area contributed by atoms with E-state index in [1.165, 1.54) is 82.9 Å². The van der Waals surface area contributed by atoms with E-state index in [1.807, 2.05) is 0 Å². The zero-order valence-corrected chi connectivity index (χ0v) is 28.4. The van der Waals surface area contributed by atoms with Gasteiger partial charge in [-0.1, -0.05) is 84.0 Å². The number of carboxylic acids is 1. The molecule has 12 nitrogen and oxygen atoms in total. The molecule has 0 heterocycles. The van der Waals surface area contributed by atoms with Crippen LogP contribution in [0, 0.1) is 0 Å². The highest BCUT2D eigenvalue weighted by Crippen LogP contribution is 2.13. The van der Waals surface area contributed by atoms with Gasteiger partial charge in [-0.25, -0.2) is 4.79 Å². The molecule has 260 valence electrons. The summed E-state index contributed by atoms with van der Waals surface area (Å²) >= 11 is 1.31. The highest BCUT2D eigenvalue weighted by Gasteiger charge is 2.27. The van der Waals surface area contributed by atoms with Crippen LogP contribution >= 0.6 is 11.8 Å². The number of carboxylic acid groups (broad SMARTS) is 1. The first-order valence-corrected chi connectivity index (χ1v) is 17.5. The Hall–Kier alpha value is -2.83. The SMILES string of the molecule is CCCCCCCCCCCCCCCC(=O)OCCSCC(NC(C)=O)C(=O)NC(CCOC(=O)CCC(=O)O)C(=O)OC. The average molecular weight is 661 g/mol. The Kier molecular flexibility index (Phi) is 26.8. The molecule has 0 aliphatic rings. The van der Waals surface area contributed by atoms with Gasteiger partial charge in [0, 0.05) is 31.3 Å². The summed E-state index contributed by atoms with van der Waals surface area (Å²) in [6.07, 6.45) is 15.6. The van der Waals surface area contributed by atoms with Crippen molar-refractivity contribution in [3.63, 3.8) is 0 Å². The van der Waals surface area contributed by atoms with Crippen LogP contribution in [0.1, 0.15) is 123 Å². The Balaban J connectivity index is 4.23. The fourth-order valence-electron chi connectivity index (χ4n) is 4.44. The first kappa shape index (κ1) is 42.2. The second-order valence-electron chi connectivity index (χ2n) is 11.0. The van der Waals surface area contributed by atoms with Crippen molar-refractivity contribution in [1.82, 2.24) is 10.6 Å². The van der Waals surface area contributed by atoms with E-state index in [9.17, 15) is 28.8 Å². The molecule has 3 N–H and O–H groups in total. The van der Waals surface area contributed by atoms with E-state index >= 15 is 0 Å². The van der Waals surface area contributed by atoms with E-state index < -0.39 is 41.8 Å². The summed E-state index contributed by atoms with van der Waals surface area (Å²) in [6, 6.07) is -2.12. The lowest BCUT2D eigenvalue weighted by atomic mass is 10.0. The number of methoxy groups -OCH3 is 1. The first-order chi connectivity index (χ1) is 21.6. The third kappa shape index (κ3) is 26.1. The smallest absolute Gasteiger partial charge is 0.328 e.